The van der Waals surface area contributed by atoms with Crippen molar-refractivity contribution in [3.8, 4) is 0 Å². The molecule has 5 heteroatoms. The van der Waals surface area contributed by atoms with Crippen LogP contribution in [0.5, 0.6) is 0 Å². The van der Waals surface area contributed by atoms with Crippen molar-refractivity contribution in [2.24, 2.45) is 0 Å². The number of rotatable bonds is 5. The van der Waals surface area contributed by atoms with Gasteiger partial charge in [0.1, 0.15) is 0 Å². The van der Waals surface area contributed by atoms with Crippen molar-refractivity contribution in [2.45, 2.75) is 26.2 Å². The number of aryl methyl sites for hydroxylation is 1. The lowest BCUT2D eigenvalue weighted by molar-refractivity contribution is 0.620. The maximum Gasteiger partial charge on any atom is 0.222 e. The van der Waals surface area contributed by atoms with Crippen molar-refractivity contribution in [1.29, 1.82) is 0 Å². The molecule has 0 radical (unpaired) electrons. The number of nitrogens with zero attached hydrogens (tertiary/aromatic N) is 2. The van der Waals surface area contributed by atoms with Gasteiger partial charge in [-0.3, -0.25) is 0 Å². The van der Waals surface area contributed by atoms with E-state index < -0.39 is 5.82 Å². The zero-order chi connectivity index (χ0) is 13.7. The van der Waals surface area contributed by atoms with Gasteiger partial charge in [-0.25, -0.2) is 9.37 Å². The SMILES string of the molecule is CCCCc1ccc(Nc2nc(N)ncc2F)cc1. The first-order chi connectivity index (χ1) is 9.19. The second kappa shape index (κ2) is 6.13. The first-order valence-corrected chi connectivity index (χ1v) is 6.33. The minimum atomic E-state index is -0.524. The zero-order valence-corrected chi connectivity index (χ0v) is 10.9. The molecule has 3 N–H and O–H groups in total. The number of aromatic nitrogens is 2. The molecule has 0 amide bonds. The smallest absolute Gasteiger partial charge is 0.222 e. The molecule has 0 aliphatic carbocycles. The summed E-state index contributed by atoms with van der Waals surface area (Å²) in [5.74, 6) is -0.387. The fourth-order valence-electron chi connectivity index (χ4n) is 1.74. The summed E-state index contributed by atoms with van der Waals surface area (Å²) in [6, 6.07) is 7.87. The van der Waals surface area contributed by atoms with Crippen LogP contribution in [0, 0.1) is 5.82 Å². The number of hydrogen-bond donors (Lipinski definition) is 2. The first-order valence-electron chi connectivity index (χ1n) is 6.33. The van der Waals surface area contributed by atoms with E-state index in [4.69, 9.17) is 5.73 Å². The number of nitrogens with one attached hydrogen (secondary N) is 1. The molecule has 19 heavy (non-hydrogen) atoms. The molecule has 4 nitrogen and oxygen atoms in total. The molecule has 2 aromatic rings. The van der Waals surface area contributed by atoms with Crippen LogP contribution in [0.4, 0.5) is 21.8 Å². The fraction of sp³-hybridized carbons (Fsp3) is 0.286. The van der Waals surface area contributed by atoms with E-state index in [1.165, 1.54) is 18.4 Å². The Kier molecular flexibility index (Phi) is 4.28. The van der Waals surface area contributed by atoms with Crippen LogP contribution in [-0.4, -0.2) is 9.97 Å². The van der Waals surface area contributed by atoms with Gasteiger partial charge in [0.25, 0.3) is 0 Å². The van der Waals surface area contributed by atoms with E-state index in [1.807, 2.05) is 24.3 Å². The Morgan fingerprint density at radius 1 is 1.26 bits per heavy atom. The topological polar surface area (TPSA) is 63.8 Å². The lowest BCUT2D eigenvalue weighted by Gasteiger charge is -2.07. The van der Waals surface area contributed by atoms with Crippen molar-refractivity contribution >= 4 is 17.5 Å². The van der Waals surface area contributed by atoms with Crippen LogP contribution in [0.25, 0.3) is 0 Å². The van der Waals surface area contributed by atoms with Crippen LogP contribution < -0.4 is 11.1 Å². The average molecular weight is 260 g/mol. The largest absolute Gasteiger partial charge is 0.368 e. The van der Waals surface area contributed by atoms with E-state index >= 15 is 0 Å². The van der Waals surface area contributed by atoms with Crippen LogP contribution in [0.1, 0.15) is 25.3 Å². The highest BCUT2D eigenvalue weighted by Gasteiger charge is 2.05. The summed E-state index contributed by atoms with van der Waals surface area (Å²) in [6.07, 6.45) is 4.46. The van der Waals surface area contributed by atoms with E-state index in [2.05, 4.69) is 22.2 Å². The van der Waals surface area contributed by atoms with Crippen molar-refractivity contribution in [3.05, 3.63) is 41.8 Å². The molecule has 0 aliphatic rings. The van der Waals surface area contributed by atoms with Gasteiger partial charge < -0.3 is 11.1 Å². The Morgan fingerprint density at radius 2 is 2.00 bits per heavy atom. The Bertz CT molecular complexity index is 540. The molecule has 0 bridgehead atoms. The zero-order valence-electron chi connectivity index (χ0n) is 10.9. The van der Waals surface area contributed by atoms with Gasteiger partial charge in [0.2, 0.25) is 5.95 Å². The highest BCUT2D eigenvalue weighted by molar-refractivity contribution is 5.57. The Labute approximate surface area is 111 Å². The Balaban J connectivity index is 2.08. The monoisotopic (exact) mass is 260 g/mol. The molecule has 0 atom stereocenters. The quantitative estimate of drug-likeness (QED) is 0.866. The van der Waals surface area contributed by atoms with Gasteiger partial charge in [-0.1, -0.05) is 25.5 Å². The molecule has 0 fully saturated rings. The number of nitrogens with two attached hydrogens (primary N) is 1. The predicted octanol–water partition coefficient (Wildman–Crippen LogP) is 3.28. The Hall–Kier alpha value is -2.17. The van der Waals surface area contributed by atoms with Crippen LogP contribution in [-0.2, 0) is 6.42 Å². The van der Waals surface area contributed by atoms with E-state index in [1.54, 1.807) is 0 Å². The first kappa shape index (κ1) is 13.3. The van der Waals surface area contributed by atoms with E-state index in [9.17, 15) is 4.39 Å². The third kappa shape index (κ3) is 3.64. The fourth-order valence-corrected chi connectivity index (χ4v) is 1.74. The minimum absolute atomic E-state index is 0.0449. The lowest BCUT2D eigenvalue weighted by atomic mass is 10.1. The molecule has 100 valence electrons. The number of benzene rings is 1. The summed E-state index contributed by atoms with van der Waals surface area (Å²) in [6.45, 7) is 2.16. The number of unbranched alkanes of at least 4 members (excludes halogenated alkanes) is 1. The van der Waals surface area contributed by atoms with Crippen molar-refractivity contribution in [3.63, 3.8) is 0 Å². The highest BCUT2D eigenvalue weighted by atomic mass is 19.1. The minimum Gasteiger partial charge on any atom is -0.368 e. The normalized spacial score (nSPS) is 10.4. The van der Waals surface area contributed by atoms with Crippen molar-refractivity contribution < 1.29 is 4.39 Å². The molecular formula is C14H17FN4. The Morgan fingerprint density at radius 3 is 2.68 bits per heavy atom. The second-order valence-electron chi connectivity index (χ2n) is 4.35. The number of anilines is 3. The van der Waals surface area contributed by atoms with Gasteiger partial charge in [0.05, 0.1) is 6.20 Å². The highest BCUT2D eigenvalue weighted by Crippen LogP contribution is 2.18. The van der Waals surface area contributed by atoms with Crippen molar-refractivity contribution in [1.82, 2.24) is 9.97 Å². The summed E-state index contributed by atoms with van der Waals surface area (Å²) in [5, 5.41) is 2.89. The third-order valence-electron chi connectivity index (χ3n) is 2.80. The summed E-state index contributed by atoms with van der Waals surface area (Å²) in [5.41, 5.74) is 7.48. The molecule has 2 rings (SSSR count). The van der Waals surface area contributed by atoms with Crippen LogP contribution in [0.15, 0.2) is 30.5 Å². The van der Waals surface area contributed by atoms with Gasteiger partial charge in [0.15, 0.2) is 11.6 Å². The van der Waals surface area contributed by atoms with Crippen molar-refractivity contribution in [2.75, 3.05) is 11.1 Å². The average Bonchev–Trinajstić information content (AvgIpc) is 2.42. The lowest BCUT2D eigenvalue weighted by Crippen LogP contribution is -2.02. The molecule has 1 heterocycles. The maximum atomic E-state index is 13.5. The molecular weight excluding hydrogens is 243 g/mol. The van der Waals surface area contributed by atoms with Crippen LogP contribution >= 0.6 is 0 Å². The standard InChI is InChI=1S/C14H17FN4/c1-2-3-4-10-5-7-11(8-6-10)18-13-12(15)9-17-14(16)19-13/h5-9H,2-4H2,1H3,(H3,16,17,18,19). The van der Waals surface area contributed by atoms with E-state index in [0.29, 0.717) is 0 Å². The predicted molar refractivity (Wildman–Crippen MR) is 74.7 cm³/mol. The molecule has 0 saturated heterocycles. The number of halogens is 1. The summed E-state index contributed by atoms with van der Waals surface area (Å²) in [4.78, 5) is 7.40. The second-order valence-corrected chi connectivity index (χ2v) is 4.35. The summed E-state index contributed by atoms with van der Waals surface area (Å²) in [7, 11) is 0. The molecule has 1 aromatic carbocycles. The molecule has 0 unspecified atom stereocenters. The molecule has 0 aliphatic heterocycles. The molecule has 0 spiro atoms. The van der Waals surface area contributed by atoms with E-state index in [0.717, 1.165) is 18.3 Å². The summed E-state index contributed by atoms with van der Waals surface area (Å²) >= 11 is 0. The van der Waals surface area contributed by atoms with Crippen LogP contribution in [0.2, 0.25) is 0 Å². The van der Waals surface area contributed by atoms with Gasteiger partial charge in [-0.2, -0.15) is 4.98 Å². The number of nitrogen functional groups attached to an aromatic ring is 1. The van der Waals surface area contributed by atoms with Gasteiger partial charge in [-0.15, -0.1) is 0 Å². The third-order valence-corrected chi connectivity index (χ3v) is 2.80. The van der Waals surface area contributed by atoms with Gasteiger partial charge in [0, 0.05) is 5.69 Å². The van der Waals surface area contributed by atoms with Gasteiger partial charge >= 0.3 is 0 Å². The van der Waals surface area contributed by atoms with Gasteiger partial charge in [-0.05, 0) is 30.5 Å². The maximum absolute atomic E-state index is 13.5. The van der Waals surface area contributed by atoms with E-state index in [-0.39, 0.29) is 11.8 Å². The summed E-state index contributed by atoms with van der Waals surface area (Å²) < 4.78 is 13.5. The molecule has 0 saturated carbocycles. The number of hydrogen-bond acceptors (Lipinski definition) is 4. The van der Waals surface area contributed by atoms with Crippen LogP contribution in [0.3, 0.4) is 0 Å². The molecule has 1 aromatic heterocycles.